The van der Waals surface area contributed by atoms with E-state index in [9.17, 15) is 4.79 Å². The van der Waals surface area contributed by atoms with Gasteiger partial charge in [-0.25, -0.2) is 0 Å². The Morgan fingerprint density at radius 2 is 1.77 bits per heavy atom. The molecule has 0 bridgehead atoms. The standard InChI is InChI=1S/C31H33BClN3O3/c1-31(2,3)39-30(37)35-18-22-17-23(33)13-16-26(22)36-28(19-35)32-34-29(36)21-11-14-24(15-12-21)38-27-10-6-8-20-7-4-5-9-25(20)27/h4-10,13,16-17,21,24H,11-12,14-15,18-19H2,1-3H3. The van der Waals surface area contributed by atoms with Crippen molar-refractivity contribution in [2.75, 3.05) is 0 Å². The summed E-state index contributed by atoms with van der Waals surface area (Å²) in [4.78, 5) is 19.7. The second-order valence-corrected chi connectivity index (χ2v) is 12.1. The van der Waals surface area contributed by atoms with Crippen LogP contribution in [0.1, 0.15) is 69.3 Å². The van der Waals surface area contributed by atoms with Gasteiger partial charge in [0.1, 0.15) is 0 Å². The number of hydrogen-bond donors (Lipinski definition) is 0. The number of aromatic nitrogens is 2. The third kappa shape index (κ3) is 5.42. The van der Waals surface area contributed by atoms with Gasteiger partial charge in [0.25, 0.3) is 0 Å². The molecular formula is C31H33BClN3O3. The van der Waals surface area contributed by atoms with Crippen LogP contribution in [-0.2, 0) is 17.8 Å². The van der Waals surface area contributed by atoms with Gasteiger partial charge in [-0.15, -0.1) is 0 Å². The molecule has 2 aliphatic rings. The average molecular weight is 542 g/mol. The predicted octanol–water partition coefficient (Wildman–Crippen LogP) is 7.37. The molecule has 1 aliphatic heterocycles. The summed E-state index contributed by atoms with van der Waals surface area (Å²) >= 11 is 6.40. The van der Waals surface area contributed by atoms with Crippen LogP contribution in [0.4, 0.5) is 4.79 Å². The van der Waals surface area contributed by atoms with E-state index in [1.54, 1.807) is 4.90 Å². The Labute approximate surface area is 235 Å². The van der Waals surface area contributed by atoms with Gasteiger partial charge in [-0.2, -0.15) is 0 Å². The Hall–Kier alpha value is -3.32. The predicted molar refractivity (Wildman–Crippen MR) is 155 cm³/mol. The molecule has 0 atom stereocenters. The third-order valence-corrected chi connectivity index (χ3v) is 7.83. The van der Waals surface area contributed by atoms with E-state index in [2.05, 4.69) is 47.0 Å². The van der Waals surface area contributed by atoms with Gasteiger partial charge < -0.3 is 0 Å². The van der Waals surface area contributed by atoms with Gasteiger partial charge in [0.2, 0.25) is 0 Å². The summed E-state index contributed by atoms with van der Waals surface area (Å²) in [6.07, 6.45) is 3.76. The molecule has 1 aromatic heterocycles. The van der Waals surface area contributed by atoms with Crippen LogP contribution in [0.5, 0.6) is 5.75 Å². The van der Waals surface area contributed by atoms with Crippen molar-refractivity contribution in [1.82, 2.24) is 14.4 Å². The zero-order chi connectivity index (χ0) is 27.1. The average Bonchev–Trinajstić information content (AvgIpc) is 3.24. The van der Waals surface area contributed by atoms with Gasteiger partial charge in [-0.1, -0.05) is 0 Å². The Bertz CT molecular complexity index is 1520. The van der Waals surface area contributed by atoms with Crippen molar-refractivity contribution in [1.29, 1.82) is 0 Å². The topological polar surface area (TPSA) is 56.6 Å². The molecule has 6 rings (SSSR count). The molecule has 6 nitrogen and oxygen atoms in total. The quantitative estimate of drug-likeness (QED) is 0.272. The molecule has 1 saturated carbocycles. The molecule has 0 saturated heterocycles. The minimum absolute atomic E-state index is 0.180. The van der Waals surface area contributed by atoms with Crippen LogP contribution in [0, 0.1) is 0 Å². The van der Waals surface area contributed by atoms with Crippen LogP contribution >= 0.6 is 11.6 Å². The molecule has 8 heteroatoms. The van der Waals surface area contributed by atoms with Crippen LogP contribution < -0.4 is 4.74 Å². The summed E-state index contributed by atoms with van der Waals surface area (Å²) in [6, 6.07) is 20.5. The summed E-state index contributed by atoms with van der Waals surface area (Å²) in [6.45, 7) is 6.51. The normalized spacial score (nSPS) is 19.1. The fourth-order valence-corrected chi connectivity index (χ4v) is 6.00. The van der Waals surface area contributed by atoms with Gasteiger partial charge in [0.05, 0.1) is 0 Å². The fraction of sp³-hybridized carbons (Fsp3) is 0.387. The van der Waals surface area contributed by atoms with E-state index < -0.39 is 5.60 Å². The number of carbonyl (C=O) groups is 1. The van der Waals surface area contributed by atoms with Gasteiger partial charge >= 0.3 is 235 Å². The zero-order valence-electron chi connectivity index (χ0n) is 22.7. The second-order valence-electron chi connectivity index (χ2n) is 11.6. The van der Waals surface area contributed by atoms with Crippen molar-refractivity contribution in [3.05, 3.63) is 82.7 Å². The van der Waals surface area contributed by atoms with E-state index in [0.717, 1.165) is 59.5 Å². The van der Waals surface area contributed by atoms with Crippen LogP contribution in [0.15, 0.2) is 60.7 Å². The molecular weight excluding hydrogens is 509 g/mol. The third-order valence-electron chi connectivity index (χ3n) is 7.59. The summed E-state index contributed by atoms with van der Waals surface area (Å²) in [5.41, 5.74) is 2.42. The fourth-order valence-electron chi connectivity index (χ4n) is 5.81. The van der Waals surface area contributed by atoms with Gasteiger partial charge in [-0.3, -0.25) is 0 Å². The van der Waals surface area contributed by atoms with Crippen LogP contribution in [0.2, 0.25) is 5.02 Å². The van der Waals surface area contributed by atoms with Crippen LogP contribution in [-0.4, -0.2) is 39.2 Å². The van der Waals surface area contributed by atoms with Crippen molar-refractivity contribution in [2.45, 2.75) is 77.2 Å². The number of halogens is 1. The van der Waals surface area contributed by atoms with Crippen molar-refractivity contribution >= 4 is 35.5 Å². The molecule has 0 radical (unpaired) electrons. The number of carbonyl (C=O) groups excluding carboxylic acids is 1. The molecule has 0 N–H and O–H groups in total. The Balaban J connectivity index is 1.24. The molecule has 4 aromatic rings. The number of amides is 1. The monoisotopic (exact) mass is 541 g/mol. The van der Waals surface area contributed by atoms with Crippen molar-refractivity contribution in [3.8, 4) is 11.4 Å². The van der Waals surface area contributed by atoms with Crippen molar-refractivity contribution in [3.63, 3.8) is 0 Å². The van der Waals surface area contributed by atoms with Crippen LogP contribution in [0.3, 0.4) is 0 Å². The van der Waals surface area contributed by atoms with E-state index in [0.29, 0.717) is 24.0 Å². The Kier molecular flexibility index (Phi) is 6.88. The maximum atomic E-state index is 13.1. The Morgan fingerprint density at radius 3 is 2.56 bits per heavy atom. The van der Waals surface area contributed by atoms with Crippen molar-refractivity contribution < 1.29 is 14.3 Å². The number of nitrogens with zero attached hydrogens (tertiary/aromatic N) is 3. The molecule has 1 amide bonds. The number of hydrogen-bond acceptors (Lipinski definition) is 4. The molecule has 2 heterocycles. The second kappa shape index (κ2) is 10.3. The summed E-state index contributed by atoms with van der Waals surface area (Å²) < 4.78 is 14.5. The SMILES string of the molecule is CC(C)(C)OC(=O)N1Cc2cc(Cl)ccc2-n2c(bnc2C2CCC(Oc3cccc4ccccc34)CC2)C1. The van der Waals surface area contributed by atoms with Crippen molar-refractivity contribution in [2.24, 2.45) is 0 Å². The van der Waals surface area contributed by atoms with E-state index in [1.165, 1.54) is 5.39 Å². The number of ether oxygens (including phenoxy) is 2. The van der Waals surface area contributed by atoms with E-state index in [1.807, 2.05) is 46.0 Å². The van der Waals surface area contributed by atoms with E-state index in [4.69, 9.17) is 26.0 Å². The first-order valence-electron chi connectivity index (χ1n) is 13.7. The maximum absolute atomic E-state index is 13.1. The first kappa shape index (κ1) is 25.9. The molecule has 1 fully saturated rings. The van der Waals surface area contributed by atoms with E-state index in [-0.39, 0.29) is 12.2 Å². The molecule has 3 aromatic carbocycles. The Morgan fingerprint density at radius 1 is 1.00 bits per heavy atom. The summed E-state index contributed by atoms with van der Waals surface area (Å²) in [7, 11) is 1.91. The number of fused-ring (bicyclic) bond motifs is 4. The number of benzene rings is 3. The molecule has 39 heavy (non-hydrogen) atoms. The molecule has 1 aliphatic carbocycles. The van der Waals surface area contributed by atoms with Gasteiger partial charge in [0.15, 0.2) is 0 Å². The molecule has 200 valence electrons. The molecule has 0 spiro atoms. The first-order chi connectivity index (χ1) is 18.7. The van der Waals surface area contributed by atoms with Gasteiger partial charge in [-0.05, 0) is 0 Å². The van der Waals surface area contributed by atoms with Gasteiger partial charge in [0, 0.05) is 0 Å². The van der Waals surface area contributed by atoms with Crippen LogP contribution in [0.25, 0.3) is 16.5 Å². The first-order valence-corrected chi connectivity index (χ1v) is 14.1. The zero-order valence-corrected chi connectivity index (χ0v) is 23.4. The summed E-state index contributed by atoms with van der Waals surface area (Å²) in [5.74, 6) is 2.31. The van der Waals surface area contributed by atoms with E-state index >= 15 is 0 Å². The molecule has 0 unspecified atom stereocenters. The summed E-state index contributed by atoms with van der Waals surface area (Å²) in [5, 5.41) is 3.00. The number of rotatable bonds is 3. The minimum atomic E-state index is -0.571.